The van der Waals surface area contributed by atoms with E-state index in [9.17, 15) is 8.42 Å². The van der Waals surface area contributed by atoms with E-state index >= 15 is 0 Å². The van der Waals surface area contributed by atoms with E-state index in [2.05, 4.69) is 14.7 Å². The molecular weight excluding hydrogens is 294 g/mol. The number of hydrogen-bond acceptors (Lipinski definition) is 5. The molecule has 1 aliphatic rings. The van der Waals surface area contributed by atoms with E-state index in [0.717, 1.165) is 5.56 Å². The first-order valence-corrected chi connectivity index (χ1v) is 7.99. The van der Waals surface area contributed by atoms with E-state index in [1.54, 1.807) is 18.2 Å². The lowest BCUT2D eigenvalue weighted by molar-refractivity contribution is 0.173. The van der Waals surface area contributed by atoms with Gasteiger partial charge in [0.1, 0.15) is 5.82 Å². The summed E-state index contributed by atoms with van der Waals surface area (Å²) >= 11 is 0. The fraction of sp³-hybridized carbons (Fsp3) is 0.308. The molecule has 0 amide bonds. The topological polar surface area (TPSA) is 93.3 Å². The van der Waals surface area contributed by atoms with Crippen molar-refractivity contribution in [3.05, 3.63) is 35.8 Å². The van der Waals surface area contributed by atoms with Crippen LogP contribution in [0.5, 0.6) is 11.5 Å². The maximum atomic E-state index is 12.2. The van der Waals surface area contributed by atoms with Gasteiger partial charge in [0.2, 0.25) is 6.79 Å². The van der Waals surface area contributed by atoms with Crippen molar-refractivity contribution in [3.8, 4) is 11.5 Å². The van der Waals surface area contributed by atoms with Crippen LogP contribution in [0.1, 0.15) is 18.3 Å². The second-order valence-corrected chi connectivity index (χ2v) is 6.26. The number of aromatic amines is 1. The van der Waals surface area contributed by atoms with Crippen LogP contribution in [0, 0.1) is 0 Å². The quantitative estimate of drug-likeness (QED) is 0.865. The van der Waals surface area contributed by atoms with Crippen LogP contribution in [0.3, 0.4) is 0 Å². The van der Waals surface area contributed by atoms with E-state index in [1.165, 1.54) is 6.20 Å². The highest BCUT2D eigenvalue weighted by Crippen LogP contribution is 2.35. The van der Waals surface area contributed by atoms with Crippen molar-refractivity contribution in [2.24, 2.45) is 0 Å². The van der Waals surface area contributed by atoms with Crippen LogP contribution in [0.15, 0.2) is 29.4 Å². The zero-order chi connectivity index (χ0) is 14.9. The van der Waals surface area contributed by atoms with Gasteiger partial charge in [-0.15, -0.1) is 0 Å². The minimum Gasteiger partial charge on any atom is -0.454 e. The van der Waals surface area contributed by atoms with Gasteiger partial charge in [0.25, 0.3) is 10.0 Å². The highest BCUT2D eigenvalue weighted by atomic mass is 32.2. The molecule has 8 heteroatoms. The van der Waals surface area contributed by atoms with E-state index in [1.807, 2.05) is 6.92 Å². The molecule has 0 fully saturated rings. The van der Waals surface area contributed by atoms with E-state index < -0.39 is 10.0 Å². The number of rotatable bonds is 5. The third-order valence-corrected chi connectivity index (χ3v) is 4.47. The lowest BCUT2D eigenvalue weighted by atomic mass is 10.2. The van der Waals surface area contributed by atoms with Crippen LogP contribution in [-0.2, 0) is 23.0 Å². The van der Waals surface area contributed by atoms with Gasteiger partial charge in [-0.2, -0.15) is 0 Å². The molecule has 0 unspecified atom stereocenters. The number of nitrogens with one attached hydrogen (secondary N) is 2. The van der Waals surface area contributed by atoms with E-state index in [-0.39, 0.29) is 18.4 Å². The molecule has 0 saturated carbocycles. The molecule has 7 nitrogen and oxygen atoms in total. The SMILES string of the molecule is CCc1ncc(S(=O)(=O)NCc2cccc3c2OCO3)[nH]1. The number of para-hydroxylation sites is 1. The van der Waals surface area contributed by atoms with Crippen molar-refractivity contribution in [1.29, 1.82) is 0 Å². The molecule has 0 atom stereocenters. The van der Waals surface area contributed by atoms with Gasteiger partial charge in [0.05, 0.1) is 6.20 Å². The summed E-state index contributed by atoms with van der Waals surface area (Å²) in [5, 5.41) is 0.0593. The van der Waals surface area contributed by atoms with Crippen LogP contribution in [0.2, 0.25) is 0 Å². The summed E-state index contributed by atoms with van der Waals surface area (Å²) in [5.74, 6) is 1.84. The maximum Gasteiger partial charge on any atom is 0.257 e. The second kappa shape index (κ2) is 5.38. The van der Waals surface area contributed by atoms with Crippen molar-refractivity contribution in [3.63, 3.8) is 0 Å². The first-order valence-electron chi connectivity index (χ1n) is 6.51. The Hall–Kier alpha value is -2.06. The number of benzene rings is 1. The van der Waals surface area contributed by atoms with Crippen molar-refractivity contribution < 1.29 is 17.9 Å². The number of ether oxygens (including phenoxy) is 2. The Morgan fingerprint density at radius 1 is 1.38 bits per heavy atom. The van der Waals surface area contributed by atoms with E-state index in [4.69, 9.17) is 9.47 Å². The summed E-state index contributed by atoms with van der Waals surface area (Å²) in [5.41, 5.74) is 0.726. The second-order valence-electron chi connectivity index (χ2n) is 4.52. The smallest absolute Gasteiger partial charge is 0.257 e. The Balaban J connectivity index is 1.77. The molecule has 3 rings (SSSR count). The summed E-state index contributed by atoms with van der Waals surface area (Å²) in [6.07, 6.45) is 1.96. The molecule has 2 heterocycles. The Kier molecular flexibility index (Phi) is 3.56. The maximum absolute atomic E-state index is 12.2. The van der Waals surface area contributed by atoms with E-state index in [0.29, 0.717) is 23.7 Å². The van der Waals surface area contributed by atoms with Crippen LogP contribution in [0.4, 0.5) is 0 Å². The number of imidazole rings is 1. The molecule has 21 heavy (non-hydrogen) atoms. The Morgan fingerprint density at radius 2 is 2.24 bits per heavy atom. The number of hydrogen-bond donors (Lipinski definition) is 2. The predicted octanol–water partition coefficient (Wildman–Crippen LogP) is 1.18. The summed E-state index contributed by atoms with van der Waals surface area (Å²) < 4.78 is 37.5. The van der Waals surface area contributed by atoms with Gasteiger partial charge in [-0.3, -0.25) is 0 Å². The molecule has 1 aromatic heterocycles. The molecule has 2 aromatic rings. The minimum atomic E-state index is -3.63. The van der Waals surface area contributed by atoms with Gasteiger partial charge in [-0.05, 0) is 6.07 Å². The summed E-state index contributed by atoms with van der Waals surface area (Å²) in [7, 11) is -3.63. The fourth-order valence-corrected chi connectivity index (χ4v) is 2.98. The molecule has 1 aliphatic heterocycles. The predicted molar refractivity (Wildman–Crippen MR) is 74.6 cm³/mol. The monoisotopic (exact) mass is 309 g/mol. The average molecular weight is 309 g/mol. The molecule has 0 spiro atoms. The number of aryl methyl sites for hydroxylation is 1. The van der Waals surface area contributed by atoms with Gasteiger partial charge in [-0.1, -0.05) is 19.1 Å². The number of aromatic nitrogens is 2. The lowest BCUT2D eigenvalue weighted by Gasteiger charge is -2.07. The summed E-state index contributed by atoms with van der Waals surface area (Å²) in [6, 6.07) is 5.37. The number of H-pyrrole nitrogens is 1. The van der Waals surface area contributed by atoms with Gasteiger partial charge >= 0.3 is 0 Å². The van der Waals surface area contributed by atoms with Crippen molar-refractivity contribution in [2.75, 3.05) is 6.79 Å². The number of nitrogens with zero attached hydrogens (tertiary/aromatic N) is 1. The van der Waals surface area contributed by atoms with Crippen LogP contribution in [0.25, 0.3) is 0 Å². The average Bonchev–Trinajstić information content (AvgIpc) is 3.13. The summed E-state index contributed by atoms with van der Waals surface area (Å²) in [4.78, 5) is 6.77. The van der Waals surface area contributed by atoms with Gasteiger partial charge in [0, 0.05) is 18.5 Å². The van der Waals surface area contributed by atoms with Crippen molar-refractivity contribution in [2.45, 2.75) is 24.9 Å². The lowest BCUT2D eigenvalue weighted by Crippen LogP contribution is -2.23. The molecule has 0 aliphatic carbocycles. The molecule has 2 N–H and O–H groups in total. The van der Waals surface area contributed by atoms with Gasteiger partial charge < -0.3 is 14.5 Å². The minimum absolute atomic E-state index is 0.0593. The van der Waals surface area contributed by atoms with Crippen molar-refractivity contribution >= 4 is 10.0 Å². The first kappa shape index (κ1) is 13.9. The molecule has 0 bridgehead atoms. The molecule has 0 saturated heterocycles. The molecular formula is C13H15N3O4S. The van der Waals surface area contributed by atoms with Crippen molar-refractivity contribution in [1.82, 2.24) is 14.7 Å². The Bertz CT molecular complexity index is 755. The van der Waals surface area contributed by atoms with Gasteiger partial charge in [0.15, 0.2) is 16.5 Å². The first-order chi connectivity index (χ1) is 10.1. The van der Waals surface area contributed by atoms with Crippen LogP contribution in [-0.4, -0.2) is 25.2 Å². The third kappa shape index (κ3) is 2.72. The fourth-order valence-electron chi connectivity index (χ4n) is 2.04. The van der Waals surface area contributed by atoms with Crippen LogP contribution >= 0.6 is 0 Å². The molecule has 1 aromatic carbocycles. The zero-order valence-corrected chi connectivity index (χ0v) is 12.2. The normalized spacial score (nSPS) is 13.6. The summed E-state index contributed by atoms with van der Waals surface area (Å²) in [6.45, 7) is 2.17. The number of fused-ring (bicyclic) bond motifs is 1. The highest BCUT2D eigenvalue weighted by molar-refractivity contribution is 7.89. The highest BCUT2D eigenvalue weighted by Gasteiger charge is 2.20. The molecule has 0 radical (unpaired) electrons. The Labute approximate surface area is 122 Å². The van der Waals surface area contributed by atoms with Gasteiger partial charge in [-0.25, -0.2) is 18.1 Å². The molecule has 112 valence electrons. The zero-order valence-electron chi connectivity index (χ0n) is 11.4. The Morgan fingerprint density at radius 3 is 3.00 bits per heavy atom. The van der Waals surface area contributed by atoms with Crippen LogP contribution < -0.4 is 14.2 Å². The third-order valence-electron chi connectivity index (χ3n) is 3.16. The number of sulfonamides is 1. The standard InChI is InChI=1S/C13H15N3O4S/c1-2-11-14-7-12(16-11)21(17,18)15-6-9-4-3-5-10-13(9)20-8-19-10/h3-5,7,15H,2,6,8H2,1H3,(H,14,16). The largest absolute Gasteiger partial charge is 0.454 e.